The van der Waals surface area contributed by atoms with Crippen LogP contribution in [-0.4, -0.2) is 28.8 Å². The molecule has 0 N–H and O–H groups in total. The Hall–Kier alpha value is -1.98. The van der Waals surface area contributed by atoms with Crippen LogP contribution in [0.4, 0.5) is 11.5 Å². The summed E-state index contributed by atoms with van der Waals surface area (Å²) in [6, 6.07) is 1.20. The van der Waals surface area contributed by atoms with Crippen LogP contribution in [0.5, 0.6) is 0 Å². The highest BCUT2D eigenvalue weighted by molar-refractivity contribution is 5.69. The number of aromatic nitrogens is 1. The SMILES string of the molecule is Cc1cnc(N2CCCCC2C=O)c([N+](=O)[O-])c1. The molecule has 18 heavy (non-hydrogen) atoms. The second-order valence-electron chi connectivity index (χ2n) is 4.51. The first-order chi connectivity index (χ1) is 8.63. The number of anilines is 1. The molecule has 0 amide bonds. The smallest absolute Gasteiger partial charge is 0.311 e. The number of pyridine rings is 1. The zero-order chi connectivity index (χ0) is 13.1. The third-order valence-corrected chi connectivity index (χ3v) is 3.16. The Morgan fingerprint density at radius 1 is 1.56 bits per heavy atom. The van der Waals surface area contributed by atoms with Crippen molar-refractivity contribution < 1.29 is 9.72 Å². The molecule has 1 unspecified atom stereocenters. The Kier molecular flexibility index (Phi) is 3.55. The van der Waals surface area contributed by atoms with Gasteiger partial charge in [0.2, 0.25) is 5.82 Å². The number of aryl methyl sites for hydroxylation is 1. The zero-order valence-electron chi connectivity index (χ0n) is 10.2. The summed E-state index contributed by atoms with van der Waals surface area (Å²) in [7, 11) is 0. The summed E-state index contributed by atoms with van der Waals surface area (Å²) < 4.78 is 0. The lowest BCUT2D eigenvalue weighted by Crippen LogP contribution is -2.41. The van der Waals surface area contributed by atoms with E-state index < -0.39 is 4.92 Å². The van der Waals surface area contributed by atoms with Crippen molar-refractivity contribution in [3.05, 3.63) is 27.9 Å². The Morgan fingerprint density at radius 3 is 3.00 bits per heavy atom. The lowest BCUT2D eigenvalue weighted by molar-refractivity contribution is -0.384. The van der Waals surface area contributed by atoms with Crippen LogP contribution in [0.25, 0.3) is 0 Å². The molecular weight excluding hydrogens is 234 g/mol. The van der Waals surface area contributed by atoms with Gasteiger partial charge in [-0.05, 0) is 31.7 Å². The van der Waals surface area contributed by atoms with Gasteiger partial charge in [-0.3, -0.25) is 10.1 Å². The molecule has 0 bridgehead atoms. The lowest BCUT2D eigenvalue weighted by atomic mass is 10.0. The van der Waals surface area contributed by atoms with Gasteiger partial charge >= 0.3 is 5.69 Å². The van der Waals surface area contributed by atoms with Crippen molar-refractivity contribution in [2.45, 2.75) is 32.2 Å². The monoisotopic (exact) mass is 249 g/mol. The molecule has 1 atom stereocenters. The molecule has 6 nitrogen and oxygen atoms in total. The second kappa shape index (κ2) is 5.12. The molecule has 2 rings (SSSR count). The van der Waals surface area contributed by atoms with Crippen LogP contribution < -0.4 is 4.90 Å². The average molecular weight is 249 g/mol. The largest absolute Gasteiger partial charge is 0.341 e. The first-order valence-electron chi connectivity index (χ1n) is 5.96. The molecule has 0 radical (unpaired) electrons. The molecule has 0 saturated carbocycles. The minimum atomic E-state index is -0.439. The normalized spacial score (nSPS) is 19.6. The van der Waals surface area contributed by atoms with E-state index in [-0.39, 0.29) is 11.7 Å². The Morgan fingerprint density at radius 2 is 2.33 bits per heavy atom. The highest BCUT2D eigenvalue weighted by Gasteiger charge is 2.29. The van der Waals surface area contributed by atoms with Crippen LogP contribution >= 0.6 is 0 Å². The minimum Gasteiger partial charge on any atom is -0.341 e. The Labute approximate surface area is 105 Å². The van der Waals surface area contributed by atoms with Gasteiger partial charge in [0.25, 0.3) is 0 Å². The molecular formula is C12H15N3O3. The second-order valence-corrected chi connectivity index (χ2v) is 4.51. The standard InChI is InChI=1S/C12H15N3O3/c1-9-6-11(15(17)18)12(13-7-9)14-5-3-2-4-10(14)8-16/h6-8,10H,2-5H2,1H3. The molecule has 0 spiro atoms. The number of carbonyl (C=O) groups is 1. The summed E-state index contributed by atoms with van der Waals surface area (Å²) in [6.45, 7) is 2.40. The molecule has 1 aromatic rings. The Balaban J connectivity index is 2.42. The summed E-state index contributed by atoms with van der Waals surface area (Å²) in [5, 5.41) is 11.1. The third-order valence-electron chi connectivity index (χ3n) is 3.16. The van der Waals surface area contributed by atoms with Gasteiger partial charge in [0.05, 0.1) is 11.0 Å². The third kappa shape index (κ3) is 2.32. The van der Waals surface area contributed by atoms with E-state index in [0.717, 1.165) is 31.1 Å². The molecule has 0 aromatic carbocycles. The molecule has 1 saturated heterocycles. The van der Waals surface area contributed by atoms with Crippen molar-refractivity contribution in [3.8, 4) is 0 Å². The average Bonchev–Trinajstić information content (AvgIpc) is 2.38. The summed E-state index contributed by atoms with van der Waals surface area (Å²) in [6.07, 6.45) is 5.08. The fourth-order valence-corrected chi connectivity index (χ4v) is 2.26. The molecule has 1 fully saturated rings. The predicted molar refractivity (Wildman–Crippen MR) is 66.7 cm³/mol. The molecule has 96 valence electrons. The van der Waals surface area contributed by atoms with Gasteiger partial charge in [-0.15, -0.1) is 0 Å². The number of hydrogen-bond donors (Lipinski definition) is 0. The van der Waals surface area contributed by atoms with Gasteiger partial charge in [-0.2, -0.15) is 0 Å². The van der Waals surface area contributed by atoms with Crippen molar-refractivity contribution >= 4 is 17.8 Å². The number of rotatable bonds is 3. The highest BCUT2D eigenvalue weighted by Crippen LogP contribution is 2.30. The molecule has 2 heterocycles. The topological polar surface area (TPSA) is 76.3 Å². The van der Waals surface area contributed by atoms with Crippen LogP contribution in [0.2, 0.25) is 0 Å². The number of nitrogens with zero attached hydrogens (tertiary/aromatic N) is 3. The first kappa shape index (κ1) is 12.5. The van der Waals surface area contributed by atoms with E-state index in [0.29, 0.717) is 12.4 Å². The van der Waals surface area contributed by atoms with Crippen molar-refractivity contribution in [1.82, 2.24) is 4.98 Å². The summed E-state index contributed by atoms with van der Waals surface area (Å²) in [5.41, 5.74) is 0.717. The summed E-state index contributed by atoms with van der Waals surface area (Å²) in [4.78, 5) is 27.6. The van der Waals surface area contributed by atoms with E-state index >= 15 is 0 Å². The van der Waals surface area contributed by atoms with Crippen molar-refractivity contribution in [2.24, 2.45) is 0 Å². The van der Waals surface area contributed by atoms with Crippen molar-refractivity contribution in [2.75, 3.05) is 11.4 Å². The van der Waals surface area contributed by atoms with Crippen LogP contribution in [-0.2, 0) is 4.79 Å². The van der Waals surface area contributed by atoms with Crippen LogP contribution in [0.3, 0.4) is 0 Å². The first-order valence-corrected chi connectivity index (χ1v) is 5.96. The van der Waals surface area contributed by atoms with Gasteiger partial charge in [0, 0.05) is 18.8 Å². The number of hydrogen-bond acceptors (Lipinski definition) is 5. The van der Waals surface area contributed by atoms with E-state index in [9.17, 15) is 14.9 Å². The molecule has 0 aliphatic carbocycles. The lowest BCUT2D eigenvalue weighted by Gasteiger charge is -2.32. The van der Waals surface area contributed by atoms with Gasteiger partial charge in [-0.25, -0.2) is 4.98 Å². The molecule has 6 heteroatoms. The van der Waals surface area contributed by atoms with E-state index in [2.05, 4.69) is 4.98 Å². The Bertz CT molecular complexity index is 476. The van der Waals surface area contributed by atoms with Crippen LogP contribution in [0, 0.1) is 17.0 Å². The van der Waals surface area contributed by atoms with Gasteiger partial charge in [0.15, 0.2) is 0 Å². The zero-order valence-corrected chi connectivity index (χ0v) is 10.2. The summed E-state index contributed by atoms with van der Waals surface area (Å²) in [5.74, 6) is 0.308. The molecule has 1 aromatic heterocycles. The predicted octanol–water partition coefficient (Wildman–Crippen LogP) is 1.86. The quantitative estimate of drug-likeness (QED) is 0.464. The molecule has 1 aliphatic heterocycles. The maximum atomic E-state index is 11.1. The van der Waals surface area contributed by atoms with E-state index in [1.165, 1.54) is 6.07 Å². The minimum absolute atomic E-state index is 0.0243. The van der Waals surface area contributed by atoms with Crippen molar-refractivity contribution in [1.29, 1.82) is 0 Å². The van der Waals surface area contributed by atoms with Crippen LogP contribution in [0.1, 0.15) is 24.8 Å². The van der Waals surface area contributed by atoms with Gasteiger partial charge < -0.3 is 9.69 Å². The van der Waals surface area contributed by atoms with Gasteiger partial charge in [0.1, 0.15) is 6.29 Å². The van der Waals surface area contributed by atoms with E-state index in [1.54, 1.807) is 18.0 Å². The maximum Gasteiger partial charge on any atom is 0.311 e. The van der Waals surface area contributed by atoms with Crippen LogP contribution in [0.15, 0.2) is 12.3 Å². The fraction of sp³-hybridized carbons (Fsp3) is 0.500. The van der Waals surface area contributed by atoms with E-state index in [1.807, 2.05) is 0 Å². The number of nitro groups is 1. The fourth-order valence-electron chi connectivity index (χ4n) is 2.26. The van der Waals surface area contributed by atoms with Gasteiger partial charge in [-0.1, -0.05) is 0 Å². The number of piperidine rings is 1. The number of aldehydes is 1. The van der Waals surface area contributed by atoms with Crippen molar-refractivity contribution in [3.63, 3.8) is 0 Å². The summed E-state index contributed by atoms with van der Waals surface area (Å²) >= 11 is 0. The molecule has 1 aliphatic rings. The highest BCUT2D eigenvalue weighted by atomic mass is 16.6. The number of carbonyl (C=O) groups excluding carboxylic acids is 1. The maximum absolute atomic E-state index is 11.1. The van der Waals surface area contributed by atoms with E-state index in [4.69, 9.17) is 0 Å².